The molecule has 130 valence electrons. The van der Waals surface area contributed by atoms with Gasteiger partial charge >= 0.3 is 0 Å². The number of nitro groups is 1. The highest BCUT2D eigenvalue weighted by molar-refractivity contribution is 7.80. The molecular formula is C16H13ClFN3O3S. The highest BCUT2D eigenvalue weighted by atomic mass is 35.5. The summed E-state index contributed by atoms with van der Waals surface area (Å²) in [7, 11) is 0. The highest BCUT2D eigenvalue weighted by Crippen LogP contribution is 2.21. The SMILES string of the molecule is O=C(CCc1ccccc1Cl)NC(=S)Nc1cc([N+](=O)[O-])ccc1F. The quantitative estimate of drug-likeness (QED) is 0.467. The first kappa shape index (κ1) is 18.8. The molecule has 0 aliphatic rings. The summed E-state index contributed by atoms with van der Waals surface area (Å²) in [6.07, 6.45) is 0.544. The molecule has 0 saturated heterocycles. The van der Waals surface area contributed by atoms with Crippen LogP contribution in [0.3, 0.4) is 0 Å². The van der Waals surface area contributed by atoms with E-state index < -0.39 is 10.7 Å². The maximum absolute atomic E-state index is 13.7. The lowest BCUT2D eigenvalue weighted by Crippen LogP contribution is -2.34. The maximum Gasteiger partial charge on any atom is 0.271 e. The van der Waals surface area contributed by atoms with Crippen LogP contribution in [-0.4, -0.2) is 15.9 Å². The van der Waals surface area contributed by atoms with E-state index >= 15 is 0 Å². The Balaban J connectivity index is 1.92. The normalized spacial score (nSPS) is 10.2. The number of nitrogens with one attached hydrogen (secondary N) is 2. The maximum atomic E-state index is 13.7. The number of aryl methyl sites for hydroxylation is 1. The van der Waals surface area contributed by atoms with Crippen molar-refractivity contribution in [3.63, 3.8) is 0 Å². The molecule has 0 atom stereocenters. The number of nitro benzene ring substituents is 1. The predicted molar refractivity (Wildman–Crippen MR) is 97.2 cm³/mol. The zero-order valence-corrected chi connectivity index (χ0v) is 14.4. The van der Waals surface area contributed by atoms with E-state index in [4.69, 9.17) is 23.8 Å². The van der Waals surface area contributed by atoms with Gasteiger partial charge in [0.2, 0.25) is 5.91 Å². The number of anilines is 1. The zero-order chi connectivity index (χ0) is 18.4. The molecule has 0 bridgehead atoms. The number of hydrogen-bond donors (Lipinski definition) is 2. The van der Waals surface area contributed by atoms with Gasteiger partial charge in [0.1, 0.15) is 5.82 Å². The Morgan fingerprint density at radius 3 is 2.68 bits per heavy atom. The number of carbonyl (C=O) groups excluding carboxylic acids is 1. The Morgan fingerprint density at radius 1 is 1.28 bits per heavy atom. The monoisotopic (exact) mass is 381 g/mol. The molecule has 25 heavy (non-hydrogen) atoms. The van der Waals surface area contributed by atoms with Crippen molar-refractivity contribution in [3.05, 3.63) is 69.0 Å². The molecule has 0 radical (unpaired) electrons. The van der Waals surface area contributed by atoms with Crippen LogP contribution < -0.4 is 10.6 Å². The van der Waals surface area contributed by atoms with Crippen LogP contribution in [0.4, 0.5) is 15.8 Å². The van der Waals surface area contributed by atoms with E-state index in [1.165, 1.54) is 0 Å². The minimum atomic E-state index is -0.724. The van der Waals surface area contributed by atoms with Gasteiger partial charge in [-0.1, -0.05) is 29.8 Å². The molecule has 0 aromatic heterocycles. The summed E-state index contributed by atoms with van der Waals surface area (Å²) in [6, 6.07) is 10.1. The summed E-state index contributed by atoms with van der Waals surface area (Å²) in [6.45, 7) is 0. The van der Waals surface area contributed by atoms with Gasteiger partial charge in [-0.05, 0) is 36.3 Å². The summed E-state index contributed by atoms with van der Waals surface area (Å²) < 4.78 is 13.7. The Labute approximate surface area is 153 Å². The summed E-state index contributed by atoms with van der Waals surface area (Å²) in [5, 5.41) is 16.0. The molecule has 0 aliphatic carbocycles. The highest BCUT2D eigenvalue weighted by Gasteiger charge is 2.13. The van der Waals surface area contributed by atoms with E-state index in [1.807, 2.05) is 12.1 Å². The van der Waals surface area contributed by atoms with Gasteiger partial charge in [0.15, 0.2) is 5.11 Å². The minimum absolute atomic E-state index is 0.128. The Hall–Kier alpha value is -2.58. The third kappa shape index (κ3) is 5.47. The lowest BCUT2D eigenvalue weighted by molar-refractivity contribution is -0.384. The van der Waals surface area contributed by atoms with Gasteiger partial charge in [0.05, 0.1) is 10.6 Å². The summed E-state index contributed by atoms with van der Waals surface area (Å²) >= 11 is 10.9. The van der Waals surface area contributed by atoms with Crippen LogP contribution in [0, 0.1) is 15.9 Å². The predicted octanol–water partition coefficient (Wildman–Crippen LogP) is 3.83. The molecule has 2 aromatic carbocycles. The average Bonchev–Trinajstić information content (AvgIpc) is 2.55. The number of nitrogens with zero attached hydrogens (tertiary/aromatic N) is 1. The van der Waals surface area contributed by atoms with Crippen molar-refractivity contribution in [2.24, 2.45) is 0 Å². The first-order valence-electron chi connectivity index (χ1n) is 7.15. The van der Waals surface area contributed by atoms with Crippen LogP contribution >= 0.6 is 23.8 Å². The van der Waals surface area contributed by atoms with Gasteiger partial charge in [-0.3, -0.25) is 14.9 Å². The largest absolute Gasteiger partial charge is 0.330 e. The van der Waals surface area contributed by atoms with Crippen molar-refractivity contribution in [3.8, 4) is 0 Å². The molecule has 9 heteroatoms. The molecule has 0 fully saturated rings. The first-order chi connectivity index (χ1) is 11.9. The van der Waals surface area contributed by atoms with Gasteiger partial charge in [-0.25, -0.2) is 4.39 Å². The Bertz CT molecular complexity index is 832. The Kier molecular flexibility index (Phi) is 6.37. The summed E-state index contributed by atoms with van der Waals surface area (Å²) in [5.41, 5.74) is 0.338. The van der Waals surface area contributed by atoms with E-state index in [9.17, 15) is 19.3 Å². The molecule has 0 heterocycles. The summed E-state index contributed by atoms with van der Waals surface area (Å²) in [4.78, 5) is 22.0. The second kappa shape index (κ2) is 8.50. The van der Waals surface area contributed by atoms with Crippen LogP contribution in [0.5, 0.6) is 0 Å². The topological polar surface area (TPSA) is 84.3 Å². The third-order valence-electron chi connectivity index (χ3n) is 3.24. The van der Waals surface area contributed by atoms with Crippen molar-refractivity contribution < 1.29 is 14.1 Å². The van der Waals surface area contributed by atoms with E-state index in [2.05, 4.69) is 10.6 Å². The van der Waals surface area contributed by atoms with Gasteiger partial charge in [-0.2, -0.15) is 0 Å². The lowest BCUT2D eigenvalue weighted by Gasteiger charge is -2.10. The molecule has 2 N–H and O–H groups in total. The van der Waals surface area contributed by atoms with E-state index in [1.54, 1.807) is 12.1 Å². The number of benzene rings is 2. The number of rotatable bonds is 5. The van der Waals surface area contributed by atoms with Crippen molar-refractivity contribution in [1.29, 1.82) is 0 Å². The molecule has 0 unspecified atom stereocenters. The van der Waals surface area contributed by atoms with Crippen molar-refractivity contribution in [2.45, 2.75) is 12.8 Å². The van der Waals surface area contributed by atoms with Crippen LogP contribution in [-0.2, 0) is 11.2 Å². The molecule has 2 rings (SSSR count). The number of amides is 1. The molecule has 1 amide bonds. The van der Waals surface area contributed by atoms with Crippen LogP contribution in [0.2, 0.25) is 5.02 Å². The number of carbonyl (C=O) groups is 1. The van der Waals surface area contributed by atoms with Gasteiger partial charge < -0.3 is 10.6 Å². The fourth-order valence-electron chi connectivity index (χ4n) is 2.01. The first-order valence-corrected chi connectivity index (χ1v) is 7.93. The standard InChI is InChI=1S/C16H13ClFN3O3S/c17-12-4-2-1-3-10(12)5-8-15(22)20-16(25)19-14-9-11(21(23)24)6-7-13(14)18/h1-4,6-7,9H,5,8H2,(H2,19,20,22,25). The second-order valence-corrected chi connectivity index (χ2v) is 5.83. The molecular weight excluding hydrogens is 369 g/mol. The van der Waals surface area contributed by atoms with Crippen LogP contribution in [0.15, 0.2) is 42.5 Å². The van der Waals surface area contributed by atoms with Crippen LogP contribution in [0.25, 0.3) is 0 Å². The van der Waals surface area contributed by atoms with E-state index in [0.717, 1.165) is 23.8 Å². The van der Waals surface area contributed by atoms with E-state index in [0.29, 0.717) is 11.4 Å². The van der Waals surface area contributed by atoms with Gasteiger partial charge in [0, 0.05) is 23.6 Å². The zero-order valence-electron chi connectivity index (χ0n) is 12.8. The van der Waals surface area contributed by atoms with E-state index in [-0.39, 0.29) is 28.8 Å². The van der Waals surface area contributed by atoms with Crippen molar-refractivity contribution >= 4 is 46.2 Å². The van der Waals surface area contributed by atoms with Gasteiger partial charge in [-0.15, -0.1) is 0 Å². The smallest absolute Gasteiger partial charge is 0.271 e. The van der Waals surface area contributed by atoms with Gasteiger partial charge in [0.25, 0.3) is 5.69 Å². The number of halogens is 2. The van der Waals surface area contributed by atoms with Crippen molar-refractivity contribution in [2.75, 3.05) is 5.32 Å². The molecule has 0 saturated carbocycles. The lowest BCUT2D eigenvalue weighted by atomic mass is 10.1. The van der Waals surface area contributed by atoms with Crippen molar-refractivity contribution in [1.82, 2.24) is 5.32 Å². The Morgan fingerprint density at radius 2 is 2.00 bits per heavy atom. The number of thiocarbonyl (C=S) groups is 1. The second-order valence-electron chi connectivity index (χ2n) is 5.01. The molecule has 6 nitrogen and oxygen atoms in total. The fourth-order valence-corrected chi connectivity index (χ4v) is 2.47. The third-order valence-corrected chi connectivity index (χ3v) is 3.81. The minimum Gasteiger partial charge on any atom is -0.330 e. The average molecular weight is 382 g/mol. The molecule has 0 spiro atoms. The van der Waals surface area contributed by atoms with Crippen LogP contribution in [0.1, 0.15) is 12.0 Å². The molecule has 2 aromatic rings. The number of hydrogen-bond acceptors (Lipinski definition) is 4. The molecule has 0 aliphatic heterocycles. The fraction of sp³-hybridized carbons (Fsp3) is 0.125. The summed E-state index contributed by atoms with van der Waals surface area (Å²) in [5.74, 6) is -1.11. The number of non-ortho nitro benzene ring substituents is 1.